The van der Waals surface area contributed by atoms with Crippen molar-refractivity contribution < 1.29 is 13.2 Å². The molecule has 1 atom stereocenters. The molecule has 186 valence electrons. The van der Waals surface area contributed by atoms with Crippen molar-refractivity contribution in [3.8, 4) is 0 Å². The SMILES string of the molecule is CCS(=O)(=O)c1ccc(CC(=O)Nc2nc3c(s2)CN(CCc2ccc(Cl)cc2)[C@H]3C(C)C)cc1. The molecule has 1 aliphatic rings. The van der Waals surface area contributed by atoms with Crippen molar-refractivity contribution in [2.24, 2.45) is 5.92 Å². The largest absolute Gasteiger partial charge is 0.302 e. The number of aromatic nitrogens is 1. The molecule has 3 aromatic rings. The maximum atomic E-state index is 12.6. The Morgan fingerprint density at radius 1 is 1.14 bits per heavy atom. The van der Waals surface area contributed by atoms with Crippen LogP contribution in [0, 0.1) is 5.92 Å². The number of carbonyl (C=O) groups is 1. The van der Waals surface area contributed by atoms with E-state index < -0.39 is 9.84 Å². The third-order valence-electron chi connectivity index (χ3n) is 6.25. The zero-order valence-electron chi connectivity index (χ0n) is 20.1. The predicted molar refractivity (Wildman–Crippen MR) is 142 cm³/mol. The van der Waals surface area contributed by atoms with Gasteiger partial charge in [0.15, 0.2) is 15.0 Å². The second-order valence-corrected chi connectivity index (χ2v) is 12.9. The lowest BCUT2D eigenvalue weighted by Crippen LogP contribution is -2.28. The van der Waals surface area contributed by atoms with Crippen LogP contribution in [0.25, 0.3) is 0 Å². The first-order valence-electron chi connectivity index (χ1n) is 11.8. The lowest BCUT2D eigenvalue weighted by molar-refractivity contribution is -0.115. The molecule has 4 rings (SSSR count). The van der Waals surface area contributed by atoms with Gasteiger partial charge in [0, 0.05) is 23.0 Å². The number of nitrogens with zero attached hydrogens (tertiary/aromatic N) is 2. The molecule has 0 unspecified atom stereocenters. The van der Waals surface area contributed by atoms with Gasteiger partial charge in [0.05, 0.1) is 28.8 Å². The zero-order chi connectivity index (χ0) is 25.2. The van der Waals surface area contributed by atoms with Crippen molar-refractivity contribution in [1.82, 2.24) is 9.88 Å². The van der Waals surface area contributed by atoms with Gasteiger partial charge in [-0.1, -0.05) is 56.6 Å². The van der Waals surface area contributed by atoms with Gasteiger partial charge >= 0.3 is 0 Å². The average molecular weight is 532 g/mol. The van der Waals surface area contributed by atoms with Crippen LogP contribution in [0.4, 0.5) is 5.13 Å². The highest BCUT2D eigenvalue weighted by molar-refractivity contribution is 7.91. The van der Waals surface area contributed by atoms with Crippen molar-refractivity contribution in [3.05, 3.63) is 75.3 Å². The molecule has 0 spiro atoms. The van der Waals surface area contributed by atoms with Crippen LogP contribution in [0.2, 0.25) is 5.02 Å². The minimum absolute atomic E-state index is 0.0530. The summed E-state index contributed by atoms with van der Waals surface area (Å²) in [5, 5.41) is 4.30. The van der Waals surface area contributed by atoms with E-state index in [2.05, 4.69) is 36.2 Å². The van der Waals surface area contributed by atoms with Crippen LogP contribution < -0.4 is 5.32 Å². The number of nitrogens with one attached hydrogen (secondary N) is 1. The smallest absolute Gasteiger partial charge is 0.230 e. The van der Waals surface area contributed by atoms with Crippen molar-refractivity contribution in [1.29, 1.82) is 0 Å². The van der Waals surface area contributed by atoms with E-state index >= 15 is 0 Å². The van der Waals surface area contributed by atoms with E-state index in [1.165, 1.54) is 21.8 Å². The Kier molecular flexibility index (Phi) is 7.96. The summed E-state index contributed by atoms with van der Waals surface area (Å²) in [6.45, 7) is 7.78. The molecule has 9 heteroatoms. The Hall–Kier alpha value is -2.26. The molecule has 0 aliphatic carbocycles. The quantitative estimate of drug-likeness (QED) is 0.393. The number of hydrogen-bond donors (Lipinski definition) is 1. The van der Waals surface area contributed by atoms with Crippen LogP contribution in [0.15, 0.2) is 53.4 Å². The third-order valence-corrected chi connectivity index (χ3v) is 9.23. The van der Waals surface area contributed by atoms with Crippen LogP contribution in [-0.2, 0) is 34.0 Å². The second-order valence-electron chi connectivity index (χ2n) is 9.14. The second kappa shape index (κ2) is 10.8. The fraction of sp³-hybridized carbons (Fsp3) is 0.385. The van der Waals surface area contributed by atoms with Crippen molar-refractivity contribution >= 4 is 43.8 Å². The van der Waals surface area contributed by atoms with Crippen molar-refractivity contribution in [2.45, 2.75) is 51.1 Å². The van der Waals surface area contributed by atoms with Crippen LogP contribution >= 0.6 is 22.9 Å². The van der Waals surface area contributed by atoms with Gasteiger partial charge in [0.2, 0.25) is 5.91 Å². The fourth-order valence-electron chi connectivity index (χ4n) is 4.43. The molecule has 0 saturated heterocycles. The van der Waals surface area contributed by atoms with Gasteiger partial charge in [0.1, 0.15) is 0 Å². The normalized spacial score (nSPS) is 16.0. The lowest BCUT2D eigenvalue weighted by Gasteiger charge is -2.27. The highest BCUT2D eigenvalue weighted by atomic mass is 35.5. The first-order chi connectivity index (χ1) is 16.7. The zero-order valence-corrected chi connectivity index (χ0v) is 22.5. The topological polar surface area (TPSA) is 79.4 Å². The van der Waals surface area contributed by atoms with Crippen molar-refractivity contribution in [2.75, 3.05) is 17.6 Å². The predicted octanol–water partition coefficient (Wildman–Crippen LogP) is 5.53. The number of benzene rings is 2. The molecular weight excluding hydrogens is 502 g/mol. The number of thiazole rings is 1. The summed E-state index contributed by atoms with van der Waals surface area (Å²) in [6.07, 6.45) is 1.11. The van der Waals surface area contributed by atoms with Gasteiger partial charge in [-0.15, -0.1) is 11.3 Å². The molecule has 0 saturated carbocycles. The molecule has 0 fully saturated rings. The molecule has 1 N–H and O–H groups in total. The summed E-state index contributed by atoms with van der Waals surface area (Å²) >= 11 is 7.54. The number of amides is 1. The van der Waals surface area contributed by atoms with E-state index in [4.69, 9.17) is 16.6 Å². The molecule has 1 amide bonds. The Bertz CT molecular complexity index is 1290. The van der Waals surface area contributed by atoms with E-state index in [-0.39, 0.29) is 29.0 Å². The minimum Gasteiger partial charge on any atom is -0.302 e. The van der Waals surface area contributed by atoms with Crippen LogP contribution in [0.3, 0.4) is 0 Å². The Morgan fingerprint density at radius 3 is 2.43 bits per heavy atom. The van der Waals surface area contributed by atoms with E-state index in [0.29, 0.717) is 11.0 Å². The summed E-state index contributed by atoms with van der Waals surface area (Å²) in [6, 6.07) is 14.7. The Balaban J connectivity index is 1.38. The highest BCUT2D eigenvalue weighted by Crippen LogP contribution is 2.42. The standard InChI is InChI=1S/C26H30ClN3O3S2/c1-4-35(32,33)21-11-7-19(8-12-21)15-23(31)28-26-29-24-22(34-26)16-30(25(24)17(2)3)14-13-18-5-9-20(27)10-6-18/h5-12,17,25H,4,13-16H2,1-3H3,(H,28,29,31)/t25-/m0/s1. The van der Waals surface area contributed by atoms with Gasteiger partial charge in [-0.25, -0.2) is 13.4 Å². The number of halogens is 1. The van der Waals surface area contributed by atoms with Gasteiger partial charge in [-0.05, 0) is 47.7 Å². The molecule has 6 nitrogen and oxygen atoms in total. The first kappa shape index (κ1) is 25.8. The van der Waals surface area contributed by atoms with Gasteiger partial charge < -0.3 is 5.32 Å². The molecular formula is C26H30ClN3O3S2. The molecule has 0 radical (unpaired) electrons. The van der Waals surface area contributed by atoms with E-state index in [0.717, 1.165) is 35.8 Å². The molecule has 1 aliphatic heterocycles. The fourth-order valence-corrected chi connectivity index (χ4v) is 6.48. The van der Waals surface area contributed by atoms with Crippen LogP contribution in [0.1, 0.15) is 48.5 Å². The summed E-state index contributed by atoms with van der Waals surface area (Å²) < 4.78 is 23.9. The van der Waals surface area contributed by atoms with E-state index in [1.807, 2.05) is 12.1 Å². The van der Waals surface area contributed by atoms with E-state index in [1.54, 1.807) is 31.2 Å². The summed E-state index contributed by atoms with van der Waals surface area (Å²) in [5.41, 5.74) is 3.08. The van der Waals surface area contributed by atoms with Gasteiger partial charge in [-0.2, -0.15) is 0 Å². The lowest BCUT2D eigenvalue weighted by atomic mass is 10.0. The first-order valence-corrected chi connectivity index (χ1v) is 14.6. The summed E-state index contributed by atoms with van der Waals surface area (Å²) in [4.78, 5) is 21.4. The molecule has 2 heterocycles. The van der Waals surface area contributed by atoms with Gasteiger partial charge in [-0.3, -0.25) is 9.69 Å². The summed E-state index contributed by atoms with van der Waals surface area (Å²) in [5.74, 6) is 0.284. The third kappa shape index (κ3) is 6.12. The number of anilines is 1. The molecule has 1 aromatic heterocycles. The Labute approximate surface area is 216 Å². The summed E-state index contributed by atoms with van der Waals surface area (Å²) in [7, 11) is -3.25. The molecule has 35 heavy (non-hydrogen) atoms. The number of sulfone groups is 1. The van der Waals surface area contributed by atoms with Crippen molar-refractivity contribution in [3.63, 3.8) is 0 Å². The van der Waals surface area contributed by atoms with Gasteiger partial charge in [0.25, 0.3) is 0 Å². The number of carbonyl (C=O) groups excluding carboxylic acids is 1. The maximum Gasteiger partial charge on any atom is 0.230 e. The molecule has 0 bridgehead atoms. The number of hydrogen-bond acceptors (Lipinski definition) is 6. The van der Waals surface area contributed by atoms with E-state index in [9.17, 15) is 13.2 Å². The minimum atomic E-state index is -3.25. The number of rotatable bonds is 9. The Morgan fingerprint density at radius 2 is 1.80 bits per heavy atom. The maximum absolute atomic E-state index is 12.6. The van der Waals surface area contributed by atoms with Crippen LogP contribution in [0.5, 0.6) is 0 Å². The molecule has 2 aromatic carbocycles. The average Bonchev–Trinajstić information content (AvgIpc) is 3.35. The number of fused-ring (bicyclic) bond motifs is 1. The van der Waals surface area contributed by atoms with Crippen LogP contribution in [-0.4, -0.2) is 36.5 Å². The monoisotopic (exact) mass is 531 g/mol. The highest BCUT2D eigenvalue weighted by Gasteiger charge is 2.35.